The highest BCUT2D eigenvalue weighted by Crippen LogP contribution is 2.32. The summed E-state index contributed by atoms with van der Waals surface area (Å²) < 4.78 is 42.0. The predicted molar refractivity (Wildman–Crippen MR) is 93.4 cm³/mol. The van der Waals surface area contributed by atoms with Crippen molar-refractivity contribution < 1.29 is 22.3 Å². The number of carbonyl (C=O) groups excluding carboxylic acids is 1. The third kappa shape index (κ3) is 4.29. The third-order valence-corrected chi connectivity index (χ3v) is 4.92. The van der Waals surface area contributed by atoms with Crippen molar-refractivity contribution in [1.82, 2.24) is 10.3 Å². The fourth-order valence-corrected chi connectivity index (χ4v) is 3.26. The molecule has 0 aliphatic carbocycles. The average Bonchev–Trinajstić information content (AvgIpc) is 2.77. The van der Waals surface area contributed by atoms with Gasteiger partial charge in [-0.3, -0.25) is 0 Å². The van der Waals surface area contributed by atoms with Crippen molar-refractivity contribution in [3.63, 3.8) is 0 Å². The second-order valence-electron chi connectivity index (χ2n) is 5.98. The van der Waals surface area contributed by atoms with E-state index in [1.54, 1.807) is 6.07 Å². The van der Waals surface area contributed by atoms with Crippen LogP contribution >= 0.6 is 0 Å². The maximum absolute atomic E-state index is 13.6. The molecule has 1 atom stereocenters. The first-order chi connectivity index (χ1) is 12.3. The Morgan fingerprint density at radius 2 is 2.12 bits per heavy atom. The Morgan fingerprint density at radius 1 is 1.31 bits per heavy atom. The van der Waals surface area contributed by atoms with Crippen LogP contribution in [0.15, 0.2) is 41.6 Å². The summed E-state index contributed by atoms with van der Waals surface area (Å²) in [5.41, 5.74) is 0.933. The van der Waals surface area contributed by atoms with Gasteiger partial charge in [0, 0.05) is 11.8 Å². The Kier molecular flexibility index (Phi) is 5.08. The minimum absolute atomic E-state index is 0.0752. The van der Waals surface area contributed by atoms with Crippen LogP contribution in [0.25, 0.3) is 0 Å². The monoisotopic (exact) mass is 379 g/mol. The lowest BCUT2D eigenvalue weighted by atomic mass is 10.0. The summed E-state index contributed by atoms with van der Waals surface area (Å²) in [6, 6.07) is 6.09. The molecule has 9 heteroatoms. The van der Waals surface area contributed by atoms with Gasteiger partial charge in [0.25, 0.3) is 0 Å². The number of rotatable bonds is 3. The van der Waals surface area contributed by atoms with E-state index in [-0.39, 0.29) is 5.03 Å². The molecule has 1 aromatic heterocycles. The van der Waals surface area contributed by atoms with E-state index >= 15 is 0 Å². The van der Waals surface area contributed by atoms with E-state index in [2.05, 4.69) is 15.6 Å². The SMILES string of the molecule is CS(=O)(=O)c1ccc(NC(=O)N[C@H]2CCCOc3ccc(F)cc32)cn1. The van der Waals surface area contributed by atoms with E-state index in [1.165, 1.54) is 30.5 Å². The fraction of sp³-hybridized carbons (Fsp3) is 0.294. The first kappa shape index (κ1) is 18.1. The number of sulfone groups is 1. The summed E-state index contributed by atoms with van der Waals surface area (Å²) in [6.45, 7) is 0.495. The van der Waals surface area contributed by atoms with Gasteiger partial charge in [0.15, 0.2) is 14.9 Å². The second-order valence-corrected chi connectivity index (χ2v) is 7.94. The molecule has 0 fully saturated rings. The van der Waals surface area contributed by atoms with Crippen LogP contribution in [0, 0.1) is 5.82 Å². The maximum atomic E-state index is 13.6. The molecule has 138 valence electrons. The van der Waals surface area contributed by atoms with Gasteiger partial charge < -0.3 is 15.4 Å². The molecule has 0 saturated heterocycles. The summed E-state index contributed by atoms with van der Waals surface area (Å²) in [4.78, 5) is 16.1. The molecule has 2 aromatic rings. The molecule has 1 aliphatic rings. The highest BCUT2D eigenvalue weighted by Gasteiger charge is 2.22. The molecule has 2 heterocycles. The maximum Gasteiger partial charge on any atom is 0.319 e. The van der Waals surface area contributed by atoms with Gasteiger partial charge in [0.05, 0.1) is 24.5 Å². The smallest absolute Gasteiger partial charge is 0.319 e. The molecule has 0 bridgehead atoms. The molecule has 1 aromatic carbocycles. The first-order valence-corrected chi connectivity index (χ1v) is 9.88. The summed E-state index contributed by atoms with van der Waals surface area (Å²) in [7, 11) is -3.40. The molecular formula is C17H18FN3O4S. The number of fused-ring (bicyclic) bond motifs is 1. The molecule has 2 amide bonds. The van der Waals surface area contributed by atoms with Gasteiger partial charge in [-0.2, -0.15) is 0 Å². The van der Waals surface area contributed by atoms with Crippen LogP contribution in [0.1, 0.15) is 24.4 Å². The van der Waals surface area contributed by atoms with Crippen molar-refractivity contribution in [2.45, 2.75) is 23.9 Å². The minimum atomic E-state index is -3.40. The number of pyridine rings is 1. The molecule has 1 aliphatic heterocycles. The molecular weight excluding hydrogens is 361 g/mol. The molecule has 3 rings (SSSR count). The van der Waals surface area contributed by atoms with Crippen LogP contribution in [-0.4, -0.2) is 32.3 Å². The number of halogens is 1. The van der Waals surface area contributed by atoms with Crippen LogP contribution in [0.4, 0.5) is 14.9 Å². The number of nitrogens with zero attached hydrogens (tertiary/aromatic N) is 1. The largest absolute Gasteiger partial charge is 0.493 e. The Bertz CT molecular complexity index is 916. The average molecular weight is 379 g/mol. The summed E-state index contributed by atoms with van der Waals surface area (Å²) in [5.74, 6) is 0.149. The molecule has 0 radical (unpaired) electrons. The molecule has 2 N–H and O–H groups in total. The highest BCUT2D eigenvalue weighted by atomic mass is 32.2. The van der Waals surface area contributed by atoms with E-state index in [0.717, 1.165) is 6.26 Å². The number of hydrogen-bond donors (Lipinski definition) is 2. The molecule has 0 unspecified atom stereocenters. The zero-order valence-electron chi connectivity index (χ0n) is 14.0. The van der Waals surface area contributed by atoms with Crippen molar-refractivity contribution >= 4 is 21.6 Å². The van der Waals surface area contributed by atoms with Crippen molar-refractivity contribution in [3.05, 3.63) is 47.9 Å². The number of amides is 2. The Morgan fingerprint density at radius 3 is 2.81 bits per heavy atom. The molecule has 0 saturated carbocycles. The number of hydrogen-bond acceptors (Lipinski definition) is 5. The third-order valence-electron chi connectivity index (χ3n) is 3.92. The van der Waals surface area contributed by atoms with Crippen molar-refractivity contribution in [2.75, 3.05) is 18.2 Å². The number of aromatic nitrogens is 1. The van der Waals surface area contributed by atoms with Crippen LogP contribution in [0.5, 0.6) is 5.75 Å². The normalized spacial score (nSPS) is 16.8. The zero-order valence-corrected chi connectivity index (χ0v) is 14.8. The predicted octanol–water partition coefficient (Wildman–Crippen LogP) is 2.66. The lowest BCUT2D eigenvalue weighted by molar-refractivity contribution is 0.247. The number of urea groups is 1. The number of benzene rings is 1. The van der Waals surface area contributed by atoms with Gasteiger partial charge in [0.1, 0.15) is 11.6 Å². The summed E-state index contributed by atoms with van der Waals surface area (Å²) in [6.07, 6.45) is 3.64. The van der Waals surface area contributed by atoms with E-state index in [9.17, 15) is 17.6 Å². The van der Waals surface area contributed by atoms with Crippen LogP contribution < -0.4 is 15.4 Å². The zero-order chi connectivity index (χ0) is 18.7. The van der Waals surface area contributed by atoms with Gasteiger partial charge in [-0.15, -0.1) is 0 Å². The molecule has 26 heavy (non-hydrogen) atoms. The van der Waals surface area contributed by atoms with Gasteiger partial charge in [-0.05, 0) is 43.2 Å². The van der Waals surface area contributed by atoms with Gasteiger partial charge in [-0.25, -0.2) is 22.6 Å². The highest BCUT2D eigenvalue weighted by molar-refractivity contribution is 7.90. The van der Waals surface area contributed by atoms with Gasteiger partial charge in [-0.1, -0.05) is 0 Å². The van der Waals surface area contributed by atoms with E-state index in [0.29, 0.717) is 36.4 Å². The van der Waals surface area contributed by atoms with Gasteiger partial charge >= 0.3 is 6.03 Å². The number of anilines is 1. The standard InChI is InChI=1S/C17H18FN3O4S/c1-26(23,24)16-7-5-12(10-19-16)20-17(22)21-14-3-2-8-25-15-6-4-11(18)9-13(14)15/h4-7,9-10,14H,2-3,8H2,1H3,(H2,20,21,22)/t14-/m0/s1. The van der Waals surface area contributed by atoms with E-state index in [1.807, 2.05) is 0 Å². The van der Waals surface area contributed by atoms with Crippen molar-refractivity contribution in [2.24, 2.45) is 0 Å². The second kappa shape index (κ2) is 7.28. The lowest BCUT2D eigenvalue weighted by Crippen LogP contribution is -2.32. The van der Waals surface area contributed by atoms with Gasteiger partial charge in [0.2, 0.25) is 0 Å². The first-order valence-electron chi connectivity index (χ1n) is 7.99. The Balaban J connectivity index is 1.71. The van der Waals surface area contributed by atoms with Crippen molar-refractivity contribution in [1.29, 1.82) is 0 Å². The summed E-state index contributed by atoms with van der Waals surface area (Å²) in [5, 5.41) is 5.31. The number of ether oxygens (including phenoxy) is 1. The van der Waals surface area contributed by atoms with Crippen LogP contribution in [0.2, 0.25) is 0 Å². The van der Waals surface area contributed by atoms with E-state index in [4.69, 9.17) is 4.74 Å². The topological polar surface area (TPSA) is 97.4 Å². The van der Waals surface area contributed by atoms with Crippen molar-refractivity contribution in [3.8, 4) is 5.75 Å². The summed E-state index contributed by atoms with van der Waals surface area (Å²) >= 11 is 0. The number of nitrogens with one attached hydrogen (secondary N) is 2. The number of carbonyl (C=O) groups is 1. The Labute approximate surface area is 150 Å². The molecule has 7 nitrogen and oxygen atoms in total. The lowest BCUT2D eigenvalue weighted by Gasteiger charge is -2.19. The fourth-order valence-electron chi connectivity index (χ4n) is 2.70. The minimum Gasteiger partial charge on any atom is -0.493 e. The van der Waals surface area contributed by atoms with Crippen LogP contribution in [-0.2, 0) is 9.84 Å². The quantitative estimate of drug-likeness (QED) is 0.854. The Hall–Kier alpha value is -2.68. The van der Waals surface area contributed by atoms with E-state index < -0.39 is 27.7 Å². The van der Waals surface area contributed by atoms with Crippen LogP contribution in [0.3, 0.4) is 0 Å². The molecule has 0 spiro atoms.